The van der Waals surface area contributed by atoms with E-state index in [1.54, 1.807) is 23.1 Å². The molecular formula is C17H22ClN3O5S. The van der Waals surface area contributed by atoms with Crippen LogP contribution in [-0.2, 0) is 19.6 Å². The maximum absolute atomic E-state index is 12.4. The van der Waals surface area contributed by atoms with Gasteiger partial charge in [0.2, 0.25) is 15.9 Å². The second-order valence-electron chi connectivity index (χ2n) is 6.09. The Balaban J connectivity index is 1.89. The van der Waals surface area contributed by atoms with Gasteiger partial charge in [0.25, 0.3) is 5.91 Å². The second-order valence-corrected chi connectivity index (χ2v) is 8.19. The number of rotatable bonds is 7. The van der Waals surface area contributed by atoms with Crippen molar-refractivity contribution in [3.8, 4) is 5.75 Å². The van der Waals surface area contributed by atoms with Crippen molar-refractivity contribution < 1.29 is 22.7 Å². The first-order valence-corrected chi connectivity index (χ1v) is 10.2. The fourth-order valence-electron chi connectivity index (χ4n) is 2.67. The summed E-state index contributed by atoms with van der Waals surface area (Å²) in [4.78, 5) is 25.2. The number of likely N-dealkylation sites (tertiary alicyclic amines) is 1. The third kappa shape index (κ3) is 6.53. The van der Waals surface area contributed by atoms with E-state index < -0.39 is 10.0 Å². The molecule has 2 N–H and O–H groups in total. The lowest BCUT2D eigenvalue weighted by molar-refractivity contribution is -0.134. The summed E-state index contributed by atoms with van der Waals surface area (Å²) >= 11 is 5.92. The molecule has 0 aliphatic carbocycles. The number of halogens is 1. The number of carbonyl (C=O) groups is 2. The van der Waals surface area contributed by atoms with Crippen LogP contribution in [0.5, 0.6) is 5.75 Å². The predicted molar refractivity (Wildman–Crippen MR) is 103 cm³/mol. The summed E-state index contributed by atoms with van der Waals surface area (Å²) in [6.45, 7) is 5.27. The average Bonchev–Trinajstić information content (AvgIpc) is 2.60. The maximum Gasteiger partial charge on any atom is 0.260 e. The van der Waals surface area contributed by atoms with Crippen LogP contribution in [0.25, 0.3) is 0 Å². The minimum Gasteiger partial charge on any atom is -0.482 e. The lowest BCUT2D eigenvalue weighted by Crippen LogP contribution is -2.47. The third-order valence-electron chi connectivity index (χ3n) is 4.00. The van der Waals surface area contributed by atoms with Crippen LogP contribution < -0.4 is 14.8 Å². The largest absolute Gasteiger partial charge is 0.482 e. The minimum absolute atomic E-state index is 0.197. The highest BCUT2D eigenvalue weighted by molar-refractivity contribution is 7.92. The van der Waals surface area contributed by atoms with Crippen molar-refractivity contribution in [1.82, 2.24) is 9.62 Å². The van der Waals surface area contributed by atoms with E-state index in [1.807, 2.05) is 0 Å². The Labute approximate surface area is 163 Å². The van der Waals surface area contributed by atoms with Gasteiger partial charge in [-0.2, -0.15) is 0 Å². The zero-order chi connectivity index (χ0) is 20.0. The van der Waals surface area contributed by atoms with Crippen molar-refractivity contribution in [2.75, 3.05) is 25.0 Å². The second kappa shape index (κ2) is 9.20. The molecule has 1 aromatic carbocycles. The molecule has 1 aliphatic heterocycles. The molecule has 148 valence electrons. The molecule has 2 amide bonds. The highest BCUT2D eigenvalue weighted by Gasteiger charge is 2.25. The van der Waals surface area contributed by atoms with E-state index in [-0.39, 0.29) is 24.5 Å². The highest BCUT2D eigenvalue weighted by Crippen LogP contribution is 2.28. The van der Waals surface area contributed by atoms with Crippen LogP contribution in [0, 0.1) is 0 Å². The molecule has 0 bridgehead atoms. The molecule has 0 saturated carbocycles. The Morgan fingerprint density at radius 3 is 2.63 bits per heavy atom. The number of anilines is 1. The number of nitrogens with one attached hydrogen (secondary N) is 2. The van der Waals surface area contributed by atoms with Crippen LogP contribution in [0.4, 0.5) is 5.69 Å². The minimum atomic E-state index is -3.48. The first-order valence-electron chi connectivity index (χ1n) is 8.32. The van der Waals surface area contributed by atoms with Crippen LogP contribution >= 0.6 is 11.6 Å². The number of carbonyl (C=O) groups excluding carboxylic acids is 2. The van der Waals surface area contributed by atoms with E-state index in [1.165, 1.54) is 6.92 Å². The lowest BCUT2D eigenvalue weighted by Gasteiger charge is -2.32. The van der Waals surface area contributed by atoms with Crippen molar-refractivity contribution in [3.05, 3.63) is 35.2 Å². The Hall–Kier alpha value is -2.10. The molecule has 1 aromatic rings. The summed E-state index contributed by atoms with van der Waals surface area (Å²) in [6, 6.07) is 4.50. The van der Waals surface area contributed by atoms with Gasteiger partial charge in [0.1, 0.15) is 5.75 Å². The molecule has 0 unspecified atom stereocenters. The first-order chi connectivity index (χ1) is 12.7. The summed E-state index contributed by atoms with van der Waals surface area (Å²) < 4.78 is 31.1. The van der Waals surface area contributed by atoms with Crippen molar-refractivity contribution in [1.29, 1.82) is 0 Å². The van der Waals surface area contributed by atoms with Crippen molar-refractivity contribution in [3.63, 3.8) is 0 Å². The zero-order valence-corrected chi connectivity index (χ0v) is 16.5. The number of sulfonamides is 1. The molecule has 0 atom stereocenters. The summed E-state index contributed by atoms with van der Waals surface area (Å²) in [5.74, 6) is -0.155. The first kappa shape index (κ1) is 21.2. The number of piperidine rings is 1. The van der Waals surface area contributed by atoms with Crippen LogP contribution in [0.3, 0.4) is 0 Å². The molecule has 1 fully saturated rings. The van der Waals surface area contributed by atoms with Gasteiger partial charge in [-0.15, -0.1) is 0 Å². The molecule has 10 heteroatoms. The van der Waals surface area contributed by atoms with Crippen LogP contribution in [0.15, 0.2) is 30.2 Å². The van der Waals surface area contributed by atoms with E-state index in [4.69, 9.17) is 16.3 Å². The summed E-state index contributed by atoms with van der Waals surface area (Å²) in [5.41, 5.74) is 0.389. The van der Waals surface area contributed by atoms with E-state index in [0.717, 1.165) is 5.41 Å². The normalized spacial score (nSPS) is 15.3. The Kier molecular flexibility index (Phi) is 7.23. The number of hydrogen-bond acceptors (Lipinski definition) is 5. The van der Waals surface area contributed by atoms with E-state index in [2.05, 4.69) is 16.6 Å². The van der Waals surface area contributed by atoms with Gasteiger partial charge < -0.3 is 15.0 Å². The third-order valence-corrected chi connectivity index (χ3v) is 5.34. The van der Waals surface area contributed by atoms with Crippen molar-refractivity contribution in [2.24, 2.45) is 0 Å². The van der Waals surface area contributed by atoms with Gasteiger partial charge in [-0.25, -0.2) is 13.1 Å². The van der Waals surface area contributed by atoms with E-state index in [9.17, 15) is 18.0 Å². The predicted octanol–water partition coefficient (Wildman–Crippen LogP) is 1.73. The SMILES string of the molecule is C=CS(=O)(=O)NC1CCN(C(=O)COc2ccc(Cl)cc2NC(C)=O)CC1. The van der Waals surface area contributed by atoms with Crippen LogP contribution in [0.1, 0.15) is 19.8 Å². The number of amides is 2. The molecule has 0 aromatic heterocycles. The number of nitrogens with zero attached hydrogens (tertiary/aromatic N) is 1. The van der Waals surface area contributed by atoms with Gasteiger partial charge in [-0.1, -0.05) is 18.2 Å². The van der Waals surface area contributed by atoms with Gasteiger partial charge in [-0.3, -0.25) is 9.59 Å². The lowest BCUT2D eigenvalue weighted by atomic mass is 10.1. The van der Waals surface area contributed by atoms with Gasteiger partial charge in [0.05, 0.1) is 5.69 Å². The topological polar surface area (TPSA) is 105 Å². The Morgan fingerprint density at radius 2 is 2.04 bits per heavy atom. The standard InChI is InChI=1S/C17H22ClN3O5S/c1-3-27(24,25)20-14-6-8-21(9-7-14)17(23)11-26-16-5-4-13(18)10-15(16)19-12(2)22/h3-5,10,14,20H,1,6-9,11H2,2H3,(H,19,22). The van der Waals surface area contributed by atoms with Crippen molar-refractivity contribution in [2.45, 2.75) is 25.8 Å². The zero-order valence-electron chi connectivity index (χ0n) is 14.9. The molecule has 8 nitrogen and oxygen atoms in total. The van der Waals surface area contributed by atoms with E-state index >= 15 is 0 Å². The molecule has 0 spiro atoms. The highest BCUT2D eigenvalue weighted by atomic mass is 35.5. The van der Waals surface area contributed by atoms with Crippen molar-refractivity contribution >= 4 is 39.1 Å². The monoisotopic (exact) mass is 415 g/mol. The number of benzene rings is 1. The number of ether oxygens (including phenoxy) is 1. The Morgan fingerprint density at radius 1 is 1.37 bits per heavy atom. The van der Waals surface area contributed by atoms with Gasteiger partial charge >= 0.3 is 0 Å². The van der Waals surface area contributed by atoms with E-state index in [0.29, 0.717) is 42.4 Å². The average molecular weight is 416 g/mol. The molecule has 2 rings (SSSR count). The fourth-order valence-corrected chi connectivity index (χ4v) is 3.64. The summed E-state index contributed by atoms with van der Waals surface area (Å²) in [5, 5.41) is 3.91. The molecule has 0 radical (unpaired) electrons. The Bertz CT molecular complexity index is 820. The van der Waals surface area contributed by atoms with Crippen LogP contribution in [0.2, 0.25) is 5.02 Å². The maximum atomic E-state index is 12.4. The summed E-state index contributed by atoms with van der Waals surface area (Å²) in [7, 11) is -3.48. The molecule has 1 heterocycles. The van der Waals surface area contributed by atoms with Gasteiger partial charge in [0, 0.05) is 36.5 Å². The fraction of sp³-hybridized carbons (Fsp3) is 0.412. The van der Waals surface area contributed by atoms with Gasteiger partial charge in [0.15, 0.2) is 6.61 Å². The quantitative estimate of drug-likeness (QED) is 0.705. The molecule has 1 saturated heterocycles. The smallest absolute Gasteiger partial charge is 0.260 e. The molecule has 1 aliphatic rings. The van der Waals surface area contributed by atoms with Gasteiger partial charge in [-0.05, 0) is 31.0 Å². The number of hydrogen-bond donors (Lipinski definition) is 2. The molecule has 27 heavy (non-hydrogen) atoms. The summed E-state index contributed by atoms with van der Waals surface area (Å²) in [6.07, 6.45) is 1.02. The van der Waals surface area contributed by atoms with Crippen LogP contribution in [-0.4, -0.2) is 50.9 Å². The molecular weight excluding hydrogens is 394 g/mol.